The first-order chi connectivity index (χ1) is 4.88. The van der Waals surface area contributed by atoms with Gasteiger partial charge in [0.1, 0.15) is 0 Å². The van der Waals surface area contributed by atoms with Crippen LogP contribution in [-0.4, -0.2) is 25.7 Å². The van der Waals surface area contributed by atoms with Gasteiger partial charge in [-0.3, -0.25) is 0 Å². The van der Waals surface area contributed by atoms with Gasteiger partial charge in [0.25, 0.3) is 0 Å². The van der Waals surface area contributed by atoms with E-state index < -0.39 is 0 Å². The molecule has 0 aliphatic carbocycles. The van der Waals surface area contributed by atoms with Gasteiger partial charge in [0, 0.05) is 6.04 Å². The van der Waals surface area contributed by atoms with Gasteiger partial charge in [0.15, 0.2) is 0 Å². The Hall–Kier alpha value is -0.0800. The third kappa shape index (κ3) is 0.956. The summed E-state index contributed by atoms with van der Waals surface area (Å²) in [5.74, 6) is 1.88. The van der Waals surface area contributed by atoms with Crippen LogP contribution in [-0.2, 0) is 0 Å². The molecule has 2 heteroatoms. The van der Waals surface area contributed by atoms with E-state index in [9.17, 15) is 0 Å². The summed E-state index contributed by atoms with van der Waals surface area (Å²) >= 11 is 0. The molecule has 2 aliphatic heterocycles. The maximum atomic E-state index is 3.52. The fourth-order valence-electron chi connectivity index (χ4n) is 2.31. The van der Waals surface area contributed by atoms with Crippen LogP contribution in [0.2, 0.25) is 0 Å². The number of piperidine rings is 1. The molecule has 2 aliphatic rings. The van der Waals surface area contributed by atoms with Gasteiger partial charge in [-0.2, -0.15) is 0 Å². The lowest BCUT2D eigenvalue weighted by molar-refractivity contribution is 0.289. The van der Waals surface area contributed by atoms with E-state index in [1.807, 2.05) is 0 Å². The van der Waals surface area contributed by atoms with Crippen LogP contribution in [0, 0.1) is 11.8 Å². The second kappa shape index (κ2) is 2.51. The van der Waals surface area contributed by atoms with Gasteiger partial charge >= 0.3 is 0 Å². The summed E-state index contributed by atoms with van der Waals surface area (Å²) in [4.78, 5) is 0. The summed E-state index contributed by atoms with van der Waals surface area (Å²) in [5.41, 5.74) is 0. The van der Waals surface area contributed by atoms with Gasteiger partial charge in [0.2, 0.25) is 0 Å². The predicted octanol–water partition coefficient (Wildman–Crippen LogP) is 0.204. The Kier molecular flexibility index (Phi) is 1.66. The number of hydrogen-bond donors (Lipinski definition) is 2. The van der Waals surface area contributed by atoms with Crippen LogP contribution >= 0.6 is 0 Å². The molecule has 0 aromatic carbocycles. The molecule has 0 spiro atoms. The van der Waals surface area contributed by atoms with E-state index in [0.29, 0.717) is 0 Å². The molecule has 3 atom stereocenters. The minimum absolute atomic E-state index is 0.770. The van der Waals surface area contributed by atoms with Crippen molar-refractivity contribution in [2.24, 2.45) is 11.8 Å². The zero-order valence-electron chi connectivity index (χ0n) is 6.56. The summed E-state index contributed by atoms with van der Waals surface area (Å²) < 4.78 is 0. The highest BCUT2D eigenvalue weighted by Gasteiger charge is 2.34. The first-order valence-corrected chi connectivity index (χ1v) is 4.32. The van der Waals surface area contributed by atoms with Crippen molar-refractivity contribution < 1.29 is 0 Å². The van der Waals surface area contributed by atoms with E-state index in [0.717, 1.165) is 17.9 Å². The van der Waals surface area contributed by atoms with Crippen molar-refractivity contribution in [3.8, 4) is 0 Å². The topological polar surface area (TPSA) is 24.1 Å². The molecule has 2 saturated heterocycles. The Labute approximate surface area is 62.4 Å². The van der Waals surface area contributed by atoms with Crippen molar-refractivity contribution in [2.45, 2.75) is 19.4 Å². The fourth-order valence-corrected chi connectivity index (χ4v) is 2.31. The SMILES string of the molecule is CC1NCC2CNCCC21. The summed E-state index contributed by atoms with van der Waals surface area (Å²) in [5, 5.41) is 6.96. The Bertz CT molecular complexity index is 122. The highest BCUT2D eigenvalue weighted by Crippen LogP contribution is 2.26. The first kappa shape index (κ1) is 6.62. The lowest BCUT2D eigenvalue weighted by atomic mass is 9.86. The second-order valence-corrected chi connectivity index (χ2v) is 3.61. The van der Waals surface area contributed by atoms with Crippen LogP contribution < -0.4 is 10.6 Å². The molecule has 58 valence electrons. The fraction of sp³-hybridized carbons (Fsp3) is 1.00. The molecular formula is C8H16N2. The van der Waals surface area contributed by atoms with Crippen molar-refractivity contribution in [1.82, 2.24) is 10.6 Å². The first-order valence-electron chi connectivity index (χ1n) is 4.32. The average Bonchev–Trinajstić information content (AvgIpc) is 2.34. The van der Waals surface area contributed by atoms with Gasteiger partial charge < -0.3 is 10.6 Å². The van der Waals surface area contributed by atoms with Gasteiger partial charge in [-0.15, -0.1) is 0 Å². The largest absolute Gasteiger partial charge is 0.316 e. The van der Waals surface area contributed by atoms with Gasteiger partial charge in [0.05, 0.1) is 0 Å². The van der Waals surface area contributed by atoms with E-state index in [4.69, 9.17) is 0 Å². The molecule has 3 unspecified atom stereocenters. The van der Waals surface area contributed by atoms with Crippen LogP contribution in [0.25, 0.3) is 0 Å². The van der Waals surface area contributed by atoms with Crippen molar-refractivity contribution in [3.05, 3.63) is 0 Å². The highest BCUT2D eigenvalue weighted by molar-refractivity contribution is 4.91. The summed E-state index contributed by atoms with van der Waals surface area (Å²) in [6.45, 7) is 6.02. The summed E-state index contributed by atoms with van der Waals surface area (Å²) in [6, 6.07) is 0.770. The minimum atomic E-state index is 0.770. The van der Waals surface area contributed by atoms with E-state index in [-0.39, 0.29) is 0 Å². The lowest BCUT2D eigenvalue weighted by Gasteiger charge is -2.27. The van der Waals surface area contributed by atoms with Crippen LogP contribution in [0.3, 0.4) is 0 Å². The van der Waals surface area contributed by atoms with E-state index in [1.54, 1.807) is 0 Å². The molecule has 2 nitrogen and oxygen atoms in total. The molecule has 0 aromatic rings. The molecule has 0 amide bonds. The number of hydrogen-bond acceptors (Lipinski definition) is 2. The molecule has 0 aromatic heterocycles. The van der Waals surface area contributed by atoms with Gasteiger partial charge in [-0.1, -0.05) is 0 Å². The van der Waals surface area contributed by atoms with Crippen LogP contribution in [0.1, 0.15) is 13.3 Å². The van der Waals surface area contributed by atoms with Crippen molar-refractivity contribution >= 4 is 0 Å². The van der Waals surface area contributed by atoms with Gasteiger partial charge in [-0.25, -0.2) is 0 Å². The molecule has 2 fully saturated rings. The normalized spacial score (nSPS) is 47.1. The molecule has 0 saturated carbocycles. The zero-order chi connectivity index (χ0) is 6.97. The van der Waals surface area contributed by atoms with Crippen molar-refractivity contribution in [1.29, 1.82) is 0 Å². The third-order valence-electron chi connectivity index (χ3n) is 3.01. The number of rotatable bonds is 0. The third-order valence-corrected chi connectivity index (χ3v) is 3.01. The molecule has 0 radical (unpaired) electrons. The molecule has 0 bridgehead atoms. The van der Waals surface area contributed by atoms with Crippen molar-refractivity contribution in [3.63, 3.8) is 0 Å². The van der Waals surface area contributed by atoms with E-state index in [2.05, 4.69) is 17.6 Å². The predicted molar refractivity (Wildman–Crippen MR) is 41.9 cm³/mol. The lowest BCUT2D eigenvalue weighted by Crippen LogP contribution is -2.37. The average molecular weight is 140 g/mol. The quantitative estimate of drug-likeness (QED) is 0.502. The number of fused-ring (bicyclic) bond motifs is 1. The minimum Gasteiger partial charge on any atom is -0.316 e. The van der Waals surface area contributed by atoms with E-state index in [1.165, 1.54) is 26.1 Å². The molecular weight excluding hydrogens is 124 g/mol. The zero-order valence-corrected chi connectivity index (χ0v) is 6.56. The van der Waals surface area contributed by atoms with Crippen LogP contribution in [0.4, 0.5) is 0 Å². The maximum Gasteiger partial charge on any atom is 0.00712 e. The Morgan fingerprint density at radius 3 is 3.00 bits per heavy atom. The van der Waals surface area contributed by atoms with Gasteiger partial charge in [-0.05, 0) is 44.8 Å². The molecule has 10 heavy (non-hydrogen) atoms. The monoisotopic (exact) mass is 140 g/mol. The van der Waals surface area contributed by atoms with E-state index >= 15 is 0 Å². The maximum absolute atomic E-state index is 3.52. The molecule has 2 N–H and O–H groups in total. The molecule has 2 rings (SSSR count). The number of nitrogens with one attached hydrogen (secondary N) is 2. The summed E-state index contributed by atoms with van der Waals surface area (Å²) in [6.07, 6.45) is 1.37. The molecule has 2 heterocycles. The Balaban J connectivity index is 2.01. The van der Waals surface area contributed by atoms with Crippen LogP contribution in [0.5, 0.6) is 0 Å². The smallest absolute Gasteiger partial charge is 0.00712 e. The standard InChI is InChI=1S/C8H16N2/c1-6-8-2-3-9-4-7(8)5-10-6/h6-10H,2-5H2,1H3. The Morgan fingerprint density at radius 2 is 2.20 bits per heavy atom. The van der Waals surface area contributed by atoms with Crippen molar-refractivity contribution in [2.75, 3.05) is 19.6 Å². The highest BCUT2D eigenvalue weighted by atomic mass is 15.0. The summed E-state index contributed by atoms with van der Waals surface area (Å²) in [7, 11) is 0. The second-order valence-electron chi connectivity index (χ2n) is 3.61. The Morgan fingerprint density at radius 1 is 1.30 bits per heavy atom. The van der Waals surface area contributed by atoms with Crippen LogP contribution in [0.15, 0.2) is 0 Å².